The van der Waals surface area contributed by atoms with Gasteiger partial charge >= 0.3 is 17.9 Å². The van der Waals surface area contributed by atoms with Crippen LogP contribution in [0.5, 0.6) is 0 Å². The van der Waals surface area contributed by atoms with Gasteiger partial charge in [0.05, 0.1) is 22.8 Å². The number of ether oxygens (including phenoxy) is 2. The van der Waals surface area contributed by atoms with E-state index in [1.165, 1.54) is 25.1 Å². The van der Waals surface area contributed by atoms with Crippen LogP contribution in [-0.4, -0.2) is 35.7 Å². The average Bonchev–Trinajstić information content (AvgIpc) is 2.70. The molecule has 1 heterocycles. The number of carbonyl (C=O) groups excluding carboxylic acids is 3. The zero-order valence-corrected chi connectivity index (χ0v) is 10.7. The van der Waals surface area contributed by atoms with E-state index in [9.17, 15) is 14.4 Å². The minimum absolute atomic E-state index is 0.0283. The van der Waals surface area contributed by atoms with Crippen molar-refractivity contribution in [3.63, 3.8) is 0 Å². The smallest absolute Gasteiger partial charge is 0.346 e. The van der Waals surface area contributed by atoms with Crippen molar-refractivity contribution in [2.24, 2.45) is 0 Å². The van der Waals surface area contributed by atoms with Crippen LogP contribution in [0, 0.1) is 0 Å². The number of aliphatic hydroxyl groups is 1. The van der Waals surface area contributed by atoms with Gasteiger partial charge in [0.2, 0.25) is 0 Å². The molecule has 6 heteroatoms. The number of hydrogen-bond donors (Lipinski definition) is 1. The first-order valence-electron chi connectivity index (χ1n) is 5.85. The molecule has 0 aliphatic carbocycles. The van der Waals surface area contributed by atoms with E-state index in [0.29, 0.717) is 5.56 Å². The summed E-state index contributed by atoms with van der Waals surface area (Å²) in [6.45, 7) is 4.91. The maximum absolute atomic E-state index is 11.7. The Morgan fingerprint density at radius 1 is 1.35 bits per heavy atom. The highest BCUT2D eigenvalue weighted by Crippen LogP contribution is 2.24. The highest BCUT2D eigenvalue weighted by atomic mass is 16.6. The Balaban J connectivity index is 2.20. The average molecular weight is 276 g/mol. The number of benzene rings is 1. The minimum atomic E-state index is -0.778. The molecule has 1 aliphatic rings. The number of fused-ring (bicyclic) bond motifs is 1. The van der Waals surface area contributed by atoms with Crippen molar-refractivity contribution in [3.05, 3.63) is 41.5 Å². The Bertz CT molecular complexity index is 614. The van der Waals surface area contributed by atoms with E-state index < -0.39 is 24.0 Å². The van der Waals surface area contributed by atoms with Gasteiger partial charge in [-0.05, 0) is 24.6 Å². The summed E-state index contributed by atoms with van der Waals surface area (Å²) in [5.74, 6) is -2.17. The molecule has 0 bridgehead atoms. The lowest BCUT2D eigenvalue weighted by molar-refractivity contribution is -0.139. The highest BCUT2D eigenvalue weighted by Gasteiger charge is 2.30. The van der Waals surface area contributed by atoms with Gasteiger partial charge in [-0.2, -0.15) is 0 Å². The van der Waals surface area contributed by atoms with Gasteiger partial charge in [0.1, 0.15) is 6.61 Å². The molecule has 0 saturated heterocycles. The van der Waals surface area contributed by atoms with Crippen LogP contribution < -0.4 is 0 Å². The molecular weight excluding hydrogens is 264 g/mol. The van der Waals surface area contributed by atoms with Gasteiger partial charge in [-0.3, -0.25) is 0 Å². The fourth-order valence-electron chi connectivity index (χ4n) is 1.67. The first-order chi connectivity index (χ1) is 9.40. The molecule has 0 aromatic heterocycles. The van der Waals surface area contributed by atoms with E-state index in [1.54, 1.807) is 0 Å². The van der Waals surface area contributed by atoms with Crippen molar-refractivity contribution in [2.45, 2.75) is 13.0 Å². The molecule has 0 amide bonds. The van der Waals surface area contributed by atoms with E-state index in [4.69, 9.17) is 9.84 Å². The van der Waals surface area contributed by atoms with Gasteiger partial charge in [0.25, 0.3) is 0 Å². The lowest BCUT2D eigenvalue weighted by Gasteiger charge is -2.09. The zero-order chi connectivity index (χ0) is 14.9. The van der Waals surface area contributed by atoms with E-state index in [1.807, 2.05) is 0 Å². The van der Waals surface area contributed by atoms with Crippen LogP contribution in [0.3, 0.4) is 0 Å². The maximum Gasteiger partial charge on any atom is 0.346 e. The van der Waals surface area contributed by atoms with Crippen LogP contribution >= 0.6 is 0 Å². The van der Waals surface area contributed by atoms with Crippen LogP contribution in [0.1, 0.15) is 33.2 Å². The van der Waals surface area contributed by atoms with Gasteiger partial charge < -0.3 is 14.6 Å². The summed E-state index contributed by atoms with van der Waals surface area (Å²) in [7, 11) is 0. The third-order valence-electron chi connectivity index (χ3n) is 2.70. The molecule has 1 N–H and O–H groups in total. The Labute approximate surface area is 114 Å². The second kappa shape index (κ2) is 5.26. The highest BCUT2D eigenvalue weighted by molar-refractivity contribution is 6.18. The van der Waals surface area contributed by atoms with Gasteiger partial charge in [-0.25, -0.2) is 14.4 Å². The molecule has 1 aromatic rings. The normalized spacial score (nSPS) is 14.5. The molecule has 6 nitrogen and oxygen atoms in total. The third-order valence-corrected chi connectivity index (χ3v) is 2.70. The molecule has 2 rings (SSSR count). The Morgan fingerprint density at radius 3 is 2.65 bits per heavy atom. The molecule has 1 atom stereocenters. The third kappa shape index (κ3) is 2.60. The molecule has 1 unspecified atom stereocenters. The fourth-order valence-corrected chi connectivity index (χ4v) is 1.67. The largest absolute Gasteiger partial charge is 0.459 e. The number of rotatable bonds is 4. The predicted octanol–water partition coefficient (Wildman–Crippen LogP) is 0.934. The van der Waals surface area contributed by atoms with Gasteiger partial charge in [-0.15, -0.1) is 0 Å². The minimum Gasteiger partial charge on any atom is -0.459 e. The van der Waals surface area contributed by atoms with Gasteiger partial charge in [0, 0.05) is 0 Å². The molecule has 1 aromatic carbocycles. The second-order valence-corrected chi connectivity index (χ2v) is 4.36. The summed E-state index contributed by atoms with van der Waals surface area (Å²) in [4.78, 5) is 34.4. The monoisotopic (exact) mass is 276 g/mol. The predicted molar refractivity (Wildman–Crippen MR) is 67.9 cm³/mol. The first kappa shape index (κ1) is 14.0. The number of carbonyl (C=O) groups is 3. The van der Waals surface area contributed by atoms with Crippen LogP contribution in [0.2, 0.25) is 0 Å². The number of esters is 3. The van der Waals surface area contributed by atoms with E-state index in [-0.39, 0.29) is 23.3 Å². The SMILES string of the molecule is C=C(C(=O)OCC(C)O)c1ccc2c(c1)C(=O)OC2=O. The molecule has 0 fully saturated rings. The van der Waals surface area contributed by atoms with Crippen molar-refractivity contribution < 1.29 is 29.0 Å². The van der Waals surface area contributed by atoms with Crippen molar-refractivity contribution in [2.75, 3.05) is 6.61 Å². The molecule has 0 radical (unpaired) electrons. The molecule has 104 valence electrons. The summed E-state index contributed by atoms with van der Waals surface area (Å²) < 4.78 is 9.26. The molecule has 1 aliphatic heterocycles. The van der Waals surface area contributed by atoms with Gasteiger partial charge in [-0.1, -0.05) is 12.6 Å². The Kier molecular flexibility index (Phi) is 3.67. The molecule has 20 heavy (non-hydrogen) atoms. The van der Waals surface area contributed by atoms with Crippen molar-refractivity contribution in [1.29, 1.82) is 0 Å². The number of hydrogen-bond acceptors (Lipinski definition) is 6. The Hall–Kier alpha value is -2.47. The quantitative estimate of drug-likeness (QED) is 0.500. The summed E-state index contributed by atoms with van der Waals surface area (Å²) in [6, 6.07) is 4.23. The lowest BCUT2D eigenvalue weighted by atomic mass is 10.0. The Morgan fingerprint density at radius 2 is 2.00 bits per heavy atom. The topological polar surface area (TPSA) is 89.9 Å². The number of aliphatic hydroxyl groups excluding tert-OH is 1. The fraction of sp³-hybridized carbons (Fsp3) is 0.214. The van der Waals surface area contributed by atoms with Crippen LogP contribution in [-0.2, 0) is 14.3 Å². The standard InChI is InChI=1S/C14H12O6/c1-7(15)6-19-12(16)8(2)9-3-4-10-11(5-9)14(18)20-13(10)17/h3-5,7,15H,2,6H2,1H3. The van der Waals surface area contributed by atoms with E-state index in [2.05, 4.69) is 11.3 Å². The molecular formula is C14H12O6. The maximum atomic E-state index is 11.7. The lowest BCUT2D eigenvalue weighted by Crippen LogP contribution is -2.16. The summed E-state index contributed by atoms with van der Waals surface area (Å²) in [5.41, 5.74) is 0.632. The molecule has 0 saturated carbocycles. The molecule has 0 spiro atoms. The van der Waals surface area contributed by atoms with E-state index >= 15 is 0 Å². The number of cyclic esters (lactones) is 2. The summed E-state index contributed by atoms with van der Waals surface area (Å²) >= 11 is 0. The van der Waals surface area contributed by atoms with Crippen molar-refractivity contribution in [3.8, 4) is 0 Å². The van der Waals surface area contributed by atoms with Crippen LogP contribution in [0.25, 0.3) is 5.57 Å². The second-order valence-electron chi connectivity index (χ2n) is 4.36. The van der Waals surface area contributed by atoms with Crippen molar-refractivity contribution in [1.82, 2.24) is 0 Å². The van der Waals surface area contributed by atoms with Crippen molar-refractivity contribution >= 4 is 23.5 Å². The summed E-state index contributed by atoms with van der Waals surface area (Å²) in [6.07, 6.45) is -0.778. The van der Waals surface area contributed by atoms with E-state index in [0.717, 1.165) is 0 Å². The van der Waals surface area contributed by atoms with Crippen LogP contribution in [0.15, 0.2) is 24.8 Å². The zero-order valence-electron chi connectivity index (χ0n) is 10.7. The van der Waals surface area contributed by atoms with Gasteiger partial charge in [0.15, 0.2) is 0 Å². The summed E-state index contributed by atoms with van der Waals surface area (Å²) in [5, 5.41) is 9.04. The first-order valence-corrected chi connectivity index (χ1v) is 5.85. The van der Waals surface area contributed by atoms with Crippen LogP contribution in [0.4, 0.5) is 0 Å².